The van der Waals surface area contributed by atoms with E-state index in [-0.39, 0.29) is 5.91 Å². The number of hydrogen-bond acceptors (Lipinski definition) is 4. The first-order valence-electron chi connectivity index (χ1n) is 11.6. The number of benzene rings is 1. The van der Waals surface area contributed by atoms with Crippen LogP contribution in [0.2, 0.25) is 13.1 Å². The van der Waals surface area contributed by atoms with E-state index in [9.17, 15) is 9.59 Å². The van der Waals surface area contributed by atoms with Gasteiger partial charge in [-0.15, -0.1) is 0 Å². The van der Waals surface area contributed by atoms with Crippen molar-refractivity contribution in [2.75, 3.05) is 5.32 Å². The molecule has 0 atom stereocenters. The molecule has 0 bridgehead atoms. The molecule has 7 heteroatoms. The molecule has 0 radical (unpaired) electrons. The number of pyridine rings is 1. The fourth-order valence-corrected chi connectivity index (χ4v) is 6.06. The lowest BCUT2D eigenvalue weighted by molar-refractivity contribution is 0.102. The van der Waals surface area contributed by atoms with Crippen molar-refractivity contribution < 1.29 is 9.59 Å². The predicted molar refractivity (Wildman–Crippen MR) is 132 cm³/mol. The van der Waals surface area contributed by atoms with Gasteiger partial charge in [0, 0.05) is 23.0 Å². The third kappa shape index (κ3) is 4.78. The van der Waals surface area contributed by atoms with Gasteiger partial charge in [0.25, 0.3) is 5.91 Å². The predicted octanol–water partition coefficient (Wildman–Crippen LogP) is 4.78. The lowest BCUT2D eigenvalue weighted by atomic mass is 9.80. The molecule has 1 amide bonds. The summed E-state index contributed by atoms with van der Waals surface area (Å²) < 4.78 is 2.10. The van der Waals surface area contributed by atoms with Gasteiger partial charge >= 0.3 is 0 Å². The topological polar surface area (TPSA) is 80.0 Å². The Morgan fingerprint density at radius 1 is 1.19 bits per heavy atom. The molecule has 2 N–H and O–H groups in total. The summed E-state index contributed by atoms with van der Waals surface area (Å²) in [7, 11) is -2.71. The normalized spacial score (nSPS) is 19.5. The zero-order valence-electron chi connectivity index (χ0n) is 19.7. The van der Waals surface area contributed by atoms with E-state index in [2.05, 4.69) is 35.0 Å². The highest BCUT2D eigenvalue weighted by Gasteiger charge is 2.28. The number of nitrogens with one attached hydrogen (secondary N) is 1. The van der Waals surface area contributed by atoms with Crippen molar-refractivity contribution in [3.8, 4) is 0 Å². The molecule has 170 valence electrons. The van der Waals surface area contributed by atoms with Crippen molar-refractivity contribution in [2.24, 2.45) is 11.8 Å². The standard InChI is InChI=1S/C25H34N4O2Si/c1-16(2)18-9-11-20(12-10-18)29-15-19-13-23(24(32(4,5)31)14-22(19)28-29)27-25(30)21-8-6-7-17(3)26-21/h6-8,13-16,18,20,31H,9-12H2,1-5H3,(H,27,30). The number of rotatable bonds is 5. The minimum atomic E-state index is -2.71. The maximum Gasteiger partial charge on any atom is 0.274 e. The van der Waals surface area contributed by atoms with E-state index in [1.807, 2.05) is 44.3 Å². The van der Waals surface area contributed by atoms with E-state index >= 15 is 0 Å². The van der Waals surface area contributed by atoms with Gasteiger partial charge < -0.3 is 10.1 Å². The minimum Gasteiger partial charge on any atom is -0.428 e. The number of aryl methyl sites for hydroxylation is 1. The smallest absolute Gasteiger partial charge is 0.274 e. The number of hydrogen-bond donors (Lipinski definition) is 2. The Balaban J connectivity index is 1.64. The third-order valence-electron chi connectivity index (χ3n) is 6.75. The van der Waals surface area contributed by atoms with Crippen LogP contribution in [0.4, 0.5) is 5.69 Å². The second-order valence-corrected chi connectivity index (χ2v) is 13.7. The quantitative estimate of drug-likeness (QED) is 0.548. The molecular formula is C25H34N4O2Si. The molecule has 0 aliphatic heterocycles. The highest BCUT2D eigenvalue weighted by Crippen LogP contribution is 2.36. The Bertz CT molecular complexity index is 1120. The molecule has 0 unspecified atom stereocenters. The van der Waals surface area contributed by atoms with E-state index < -0.39 is 8.32 Å². The number of amides is 1. The Hall–Kier alpha value is -2.51. The fourth-order valence-electron chi connectivity index (χ4n) is 4.78. The molecule has 3 aromatic rings. The van der Waals surface area contributed by atoms with Gasteiger partial charge in [-0.25, -0.2) is 4.98 Å². The van der Waals surface area contributed by atoms with Crippen LogP contribution in [0.15, 0.2) is 36.5 Å². The van der Waals surface area contributed by atoms with Crippen molar-refractivity contribution in [1.29, 1.82) is 0 Å². The van der Waals surface area contributed by atoms with Crippen LogP contribution >= 0.6 is 0 Å². The van der Waals surface area contributed by atoms with Gasteiger partial charge in [-0.05, 0) is 87.0 Å². The second kappa shape index (κ2) is 8.79. The average Bonchev–Trinajstić information content (AvgIpc) is 3.15. The van der Waals surface area contributed by atoms with E-state index in [4.69, 9.17) is 5.10 Å². The second-order valence-electron chi connectivity index (χ2n) is 10.1. The molecule has 2 aromatic heterocycles. The first kappa shape index (κ1) is 22.7. The largest absolute Gasteiger partial charge is 0.428 e. The SMILES string of the molecule is Cc1cccc(C(=O)Nc2cc3cn(C4CCC(C(C)C)CC4)nc3cc2[Si](C)(C)O)n1. The average molecular weight is 451 g/mol. The number of carbonyl (C=O) groups is 1. The molecule has 6 nitrogen and oxygen atoms in total. The summed E-state index contributed by atoms with van der Waals surface area (Å²) in [5.41, 5.74) is 2.67. The van der Waals surface area contributed by atoms with Gasteiger partial charge in [-0.1, -0.05) is 19.9 Å². The monoisotopic (exact) mass is 450 g/mol. The molecule has 32 heavy (non-hydrogen) atoms. The van der Waals surface area contributed by atoms with E-state index in [1.54, 1.807) is 6.07 Å². The summed E-state index contributed by atoms with van der Waals surface area (Å²) in [4.78, 5) is 28.1. The van der Waals surface area contributed by atoms with Crippen molar-refractivity contribution >= 4 is 36.0 Å². The molecule has 1 saturated carbocycles. The van der Waals surface area contributed by atoms with Crippen LogP contribution in [-0.2, 0) is 0 Å². The maximum absolute atomic E-state index is 12.9. The summed E-state index contributed by atoms with van der Waals surface area (Å²) in [5, 5.41) is 9.62. The minimum absolute atomic E-state index is 0.271. The molecule has 0 saturated heterocycles. The molecule has 1 fully saturated rings. The van der Waals surface area contributed by atoms with E-state index in [0.717, 1.165) is 46.5 Å². The lowest BCUT2D eigenvalue weighted by Gasteiger charge is -2.30. The number of anilines is 1. The first-order valence-corrected chi connectivity index (χ1v) is 14.6. The van der Waals surface area contributed by atoms with Crippen LogP contribution in [0.25, 0.3) is 10.9 Å². The van der Waals surface area contributed by atoms with E-state index in [0.29, 0.717) is 17.4 Å². The Kier molecular flexibility index (Phi) is 6.23. The van der Waals surface area contributed by atoms with Crippen molar-refractivity contribution in [1.82, 2.24) is 14.8 Å². The number of nitrogens with zero attached hydrogens (tertiary/aromatic N) is 3. The molecular weight excluding hydrogens is 416 g/mol. The summed E-state index contributed by atoms with van der Waals surface area (Å²) in [5.74, 6) is 1.27. The van der Waals surface area contributed by atoms with Crippen molar-refractivity contribution in [3.63, 3.8) is 0 Å². The molecule has 0 spiro atoms. The summed E-state index contributed by atoms with van der Waals surface area (Å²) in [6.45, 7) is 10.2. The molecule has 1 aromatic carbocycles. The summed E-state index contributed by atoms with van der Waals surface area (Å²) in [6, 6.07) is 9.71. The Morgan fingerprint density at radius 3 is 2.53 bits per heavy atom. The molecule has 4 rings (SSSR count). The molecule has 1 aliphatic carbocycles. The number of fused-ring (bicyclic) bond motifs is 1. The molecule has 1 aliphatic rings. The zero-order chi connectivity index (χ0) is 23.0. The highest BCUT2D eigenvalue weighted by molar-refractivity contribution is 6.84. The van der Waals surface area contributed by atoms with Crippen LogP contribution in [0.5, 0.6) is 0 Å². The summed E-state index contributed by atoms with van der Waals surface area (Å²) in [6.07, 6.45) is 6.86. The van der Waals surface area contributed by atoms with E-state index in [1.165, 1.54) is 12.8 Å². The zero-order valence-corrected chi connectivity index (χ0v) is 20.7. The van der Waals surface area contributed by atoms with Gasteiger partial charge in [0.05, 0.1) is 11.6 Å². The van der Waals surface area contributed by atoms with Crippen LogP contribution in [0, 0.1) is 18.8 Å². The maximum atomic E-state index is 12.9. The van der Waals surface area contributed by atoms with Crippen molar-refractivity contribution in [3.05, 3.63) is 47.9 Å². The number of aromatic nitrogens is 3. The molecule has 2 heterocycles. The van der Waals surface area contributed by atoms with Crippen LogP contribution in [-0.4, -0.2) is 33.8 Å². The fraction of sp³-hybridized carbons (Fsp3) is 0.480. The van der Waals surface area contributed by atoms with Crippen LogP contribution < -0.4 is 10.5 Å². The van der Waals surface area contributed by atoms with Gasteiger partial charge in [0.15, 0.2) is 0 Å². The number of carbonyl (C=O) groups excluding carboxylic acids is 1. The van der Waals surface area contributed by atoms with Gasteiger partial charge in [-0.3, -0.25) is 9.48 Å². The van der Waals surface area contributed by atoms with Crippen LogP contribution in [0.1, 0.15) is 61.8 Å². The van der Waals surface area contributed by atoms with Gasteiger partial charge in [0.1, 0.15) is 5.69 Å². The third-order valence-corrected chi connectivity index (χ3v) is 8.48. The van der Waals surface area contributed by atoms with Crippen molar-refractivity contribution in [2.45, 2.75) is 65.6 Å². The lowest BCUT2D eigenvalue weighted by Crippen LogP contribution is -2.43. The van der Waals surface area contributed by atoms with Gasteiger partial charge in [-0.2, -0.15) is 5.10 Å². The first-order chi connectivity index (χ1) is 15.1. The highest BCUT2D eigenvalue weighted by atomic mass is 28.4. The van der Waals surface area contributed by atoms with Crippen LogP contribution in [0.3, 0.4) is 0 Å². The Morgan fingerprint density at radius 2 is 1.91 bits per heavy atom. The van der Waals surface area contributed by atoms with Gasteiger partial charge in [0.2, 0.25) is 8.32 Å². The summed E-state index contributed by atoms with van der Waals surface area (Å²) >= 11 is 0. The Labute approximate surface area is 191 Å².